The van der Waals surface area contributed by atoms with Crippen LogP contribution in [0.2, 0.25) is 0 Å². The number of nitrogens with zero attached hydrogens (tertiary/aromatic N) is 5. The molecule has 0 aliphatic rings. The highest BCUT2D eigenvalue weighted by Crippen LogP contribution is 2.36. The lowest BCUT2D eigenvalue weighted by Gasteiger charge is -2.11. The molecule has 0 N–H and O–H groups in total. The van der Waals surface area contributed by atoms with E-state index in [9.17, 15) is 0 Å². The highest BCUT2D eigenvalue weighted by atomic mass is 15.1. The molecule has 0 atom stereocenters. The molecule has 4 aromatic heterocycles. The minimum Gasteiger partial charge on any atom is -0.327 e. The van der Waals surface area contributed by atoms with Gasteiger partial charge in [0.2, 0.25) is 0 Å². The molecule has 0 aliphatic heterocycles. The molecule has 8 aromatic rings. The van der Waals surface area contributed by atoms with Gasteiger partial charge >= 0.3 is 0 Å². The summed E-state index contributed by atoms with van der Waals surface area (Å²) >= 11 is 0. The molecule has 5 nitrogen and oxygen atoms in total. The van der Waals surface area contributed by atoms with Gasteiger partial charge in [0.15, 0.2) is 0 Å². The van der Waals surface area contributed by atoms with E-state index < -0.39 is 0 Å². The van der Waals surface area contributed by atoms with Crippen LogP contribution in [0.3, 0.4) is 0 Å². The predicted molar refractivity (Wildman–Crippen MR) is 167 cm³/mol. The molecule has 0 spiro atoms. The summed E-state index contributed by atoms with van der Waals surface area (Å²) in [6.45, 7) is 0. The summed E-state index contributed by atoms with van der Waals surface area (Å²) < 4.78 is 4.53. The molecule has 41 heavy (non-hydrogen) atoms. The Balaban J connectivity index is 1.32. The molecule has 4 heterocycles. The lowest BCUT2D eigenvalue weighted by Crippen LogP contribution is -1.96. The van der Waals surface area contributed by atoms with Gasteiger partial charge in [-0.25, -0.2) is 4.98 Å². The fourth-order valence-electron chi connectivity index (χ4n) is 5.90. The summed E-state index contributed by atoms with van der Waals surface area (Å²) in [5, 5.41) is 2.44. The van der Waals surface area contributed by atoms with Gasteiger partial charge in [0.05, 0.1) is 27.8 Å². The molecule has 194 valence electrons. The van der Waals surface area contributed by atoms with Gasteiger partial charge in [0, 0.05) is 58.8 Å². The molecule has 0 saturated heterocycles. The SMILES string of the molecule is Cn1c(-c2ccc3c4ccccc4n(-c4cccc(-c5ccccn5)c4)c3c2)nc2cc(-c3cccnc3)ccc21. The quantitative estimate of drug-likeness (QED) is 0.231. The zero-order valence-corrected chi connectivity index (χ0v) is 22.4. The Morgan fingerprint density at radius 2 is 1.41 bits per heavy atom. The molecule has 0 unspecified atom stereocenters. The summed E-state index contributed by atoms with van der Waals surface area (Å²) in [5.74, 6) is 0.935. The molecule has 0 amide bonds. The van der Waals surface area contributed by atoms with Crippen LogP contribution in [0.4, 0.5) is 0 Å². The Morgan fingerprint density at radius 1 is 0.561 bits per heavy atom. The third kappa shape index (κ3) is 3.82. The van der Waals surface area contributed by atoms with E-state index in [1.807, 2.05) is 30.6 Å². The van der Waals surface area contributed by atoms with E-state index in [1.165, 1.54) is 16.3 Å². The minimum absolute atomic E-state index is 0.935. The van der Waals surface area contributed by atoms with E-state index in [4.69, 9.17) is 4.98 Å². The van der Waals surface area contributed by atoms with Gasteiger partial charge in [0.25, 0.3) is 0 Å². The second-order valence-electron chi connectivity index (χ2n) is 10.3. The van der Waals surface area contributed by atoms with Crippen LogP contribution in [-0.4, -0.2) is 24.1 Å². The summed E-state index contributed by atoms with van der Waals surface area (Å²) in [7, 11) is 2.09. The molecule has 0 fully saturated rings. The molecular formula is C36H25N5. The van der Waals surface area contributed by atoms with E-state index in [1.54, 1.807) is 6.20 Å². The first-order chi connectivity index (χ1) is 20.2. The average molecular weight is 528 g/mol. The van der Waals surface area contributed by atoms with Crippen LogP contribution < -0.4 is 0 Å². The smallest absolute Gasteiger partial charge is 0.140 e. The van der Waals surface area contributed by atoms with Crippen LogP contribution in [0, 0.1) is 0 Å². The fourth-order valence-corrected chi connectivity index (χ4v) is 5.90. The van der Waals surface area contributed by atoms with Crippen LogP contribution in [0.15, 0.2) is 134 Å². The number of rotatable bonds is 4. The van der Waals surface area contributed by atoms with Crippen molar-refractivity contribution in [2.45, 2.75) is 0 Å². The Labute approximate surface area is 237 Å². The van der Waals surface area contributed by atoms with Crippen LogP contribution in [0.25, 0.3) is 72.3 Å². The summed E-state index contributed by atoms with van der Waals surface area (Å²) in [4.78, 5) is 14.0. The second kappa shape index (κ2) is 9.28. The van der Waals surface area contributed by atoms with Crippen molar-refractivity contribution in [3.63, 3.8) is 0 Å². The van der Waals surface area contributed by atoms with Crippen molar-refractivity contribution in [2.75, 3.05) is 0 Å². The minimum atomic E-state index is 0.935. The summed E-state index contributed by atoms with van der Waals surface area (Å²) in [6.07, 6.45) is 5.52. The Hall–Kier alpha value is -5.55. The number of imidazole rings is 1. The van der Waals surface area contributed by atoms with E-state index in [0.29, 0.717) is 0 Å². The Bertz CT molecular complexity index is 2210. The number of aromatic nitrogens is 5. The fraction of sp³-hybridized carbons (Fsp3) is 0.0278. The van der Waals surface area contributed by atoms with E-state index in [2.05, 4.69) is 123 Å². The van der Waals surface area contributed by atoms with E-state index in [0.717, 1.165) is 56.0 Å². The third-order valence-corrected chi connectivity index (χ3v) is 7.87. The van der Waals surface area contributed by atoms with Gasteiger partial charge in [-0.3, -0.25) is 9.97 Å². The van der Waals surface area contributed by atoms with Gasteiger partial charge in [-0.15, -0.1) is 0 Å². The molecule has 0 radical (unpaired) electrons. The Morgan fingerprint density at radius 3 is 2.29 bits per heavy atom. The van der Waals surface area contributed by atoms with E-state index in [-0.39, 0.29) is 0 Å². The first-order valence-corrected chi connectivity index (χ1v) is 13.7. The number of hydrogen-bond donors (Lipinski definition) is 0. The zero-order chi connectivity index (χ0) is 27.3. The topological polar surface area (TPSA) is 48.5 Å². The van der Waals surface area contributed by atoms with Crippen molar-refractivity contribution in [3.05, 3.63) is 134 Å². The van der Waals surface area contributed by atoms with Crippen molar-refractivity contribution in [1.29, 1.82) is 0 Å². The lowest BCUT2D eigenvalue weighted by molar-refractivity contribution is 0.959. The molecule has 8 rings (SSSR count). The predicted octanol–water partition coefficient (Wildman–Crippen LogP) is 8.46. The highest BCUT2D eigenvalue weighted by molar-refractivity contribution is 6.10. The van der Waals surface area contributed by atoms with E-state index >= 15 is 0 Å². The Kier molecular flexibility index (Phi) is 5.28. The van der Waals surface area contributed by atoms with Crippen molar-refractivity contribution in [1.82, 2.24) is 24.1 Å². The van der Waals surface area contributed by atoms with Crippen molar-refractivity contribution < 1.29 is 0 Å². The van der Waals surface area contributed by atoms with Crippen LogP contribution in [-0.2, 0) is 7.05 Å². The van der Waals surface area contributed by atoms with Crippen molar-refractivity contribution in [3.8, 4) is 39.5 Å². The lowest BCUT2D eigenvalue weighted by atomic mass is 10.1. The molecule has 5 heteroatoms. The average Bonchev–Trinajstić information content (AvgIpc) is 3.55. The van der Waals surface area contributed by atoms with Crippen LogP contribution in [0.5, 0.6) is 0 Å². The molecule has 0 aliphatic carbocycles. The normalized spacial score (nSPS) is 11.5. The number of para-hydroxylation sites is 1. The first kappa shape index (κ1) is 23.3. The summed E-state index contributed by atoms with van der Waals surface area (Å²) in [5.41, 5.74) is 10.8. The molecular weight excluding hydrogens is 502 g/mol. The van der Waals surface area contributed by atoms with Gasteiger partial charge < -0.3 is 9.13 Å². The van der Waals surface area contributed by atoms with Crippen molar-refractivity contribution in [2.24, 2.45) is 7.05 Å². The number of pyridine rings is 2. The van der Waals surface area contributed by atoms with Crippen LogP contribution in [0.1, 0.15) is 0 Å². The maximum atomic E-state index is 5.11. The van der Waals surface area contributed by atoms with Gasteiger partial charge in [-0.2, -0.15) is 0 Å². The number of fused-ring (bicyclic) bond motifs is 4. The van der Waals surface area contributed by atoms with Gasteiger partial charge in [0.1, 0.15) is 5.82 Å². The number of aryl methyl sites for hydroxylation is 1. The zero-order valence-electron chi connectivity index (χ0n) is 22.4. The standard InChI is InChI=1S/C36H25N5/c1-40-34-17-15-24(27-9-7-18-37-23-27)21-32(34)39-36(40)26-14-16-30-29-11-2-3-13-33(29)41(35(30)22-26)28-10-6-8-25(20-28)31-12-4-5-19-38-31/h2-23H,1H3. The van der Waals surface area contributed by atoms with Crippen molar-refractivity contribution >= 4 is 32.8 Å². The largest absolute Gasteiger partial charge is 0.327 e. The van der Waals surface area contributed by atoms with Crippen LogP contribution >= 0.6 is 0 Å². The monoisotopic (exact) mass is 527 g/mol. The maximum absolute atomic E-state index is 5.11. The molecule has 0 bridgehead atoms. The first-order valence-electron chi connectivity index (χ1n) is 13.7. The highest BCUT2D eigenvalue weighted by Gasteiger charge is 2.16. The maximum Gasteiger partial charge on any atom is 0.140 e. The van der Waals surface area contributed by atoms with Gasteiger partial charge in [-0.1, -0.05) is 60.7 Å². The summed E-state index contributed by atoms with van der Waals surface area (Å²) in [6, 6.07) is 40.4. The second-order valence-corrected chi connectivity index (χ2v) is 10.3. The number of benzene rings is 4. The number of hydrogen-bond acceptors (Lipinski definition) is 3. The van der Waals surface area contributed by atoms with Gasteiger partial charge in [-0.05, 0) is 60.2 Å². The molecule has 0 saturated carbocycles. The molecule has 4 aromatic carbocycles. The third-order valence-electron chi connectivity index (χ3n) is 7.87.